The van der Waals surface area contributed by atoms with Crippen molar-refractivity contribution in [2.45, 2.75) is 32.8 Å². The van der Waals surface area contributed by atoms with E-state index < -0.39 is 10.9 Å². The Morgan fingerprint density at radius 2 is 1.72 bits per heavy atom. The lowest BCUT2D eigenvalue weighted by molar-refractivity contribution is -0.384. The topological polar surface area (TPSA) is 78.7 Å². The van der Waals surface area contributed by atoms with Crippen LogP contribution in [0.4, 0.5) is 5.69 Å². The monoisotopic (exact) mass is 343 g/mol. The zero-order valence-corrected chi connectivity index (χ0v) is 14.5. The summed E-state index contributed by atoms with van der Waals surface area (Å²) in [5.74, 6) is 0.157. The highest BCUT2D eigenvalue weighted by Crippen LogP contribution is 2.30. The molecule has 132 valence electrons. The Morgan fingerprint density at radius 1 is 1.08 bits per heavy atom. The van der Waals surface area contributed by atoms with Crippen LogP contribution in [0.3, 0.4) is 0 Å². The van der Waals surface area contributed by atoms with Crippen molar-refractivity contribution < 1.29 is 19.2 Å². The van der Waals surface area contributed by atoms with Crippen molar-refractivity contribution in [3.63, 3.8) is 0 Å². The van der Waals surface area contributed by atoms with Crippen LogP contribution in [-0.4, -0.2) is 17.5 Å². The number of hydrogen-bond donors (Lipinski definition) is 0. The maximum absolute atomic E-state index is 11.9. The van der Waals surface area contributed by atoms with Crippen LogP contribution < -0.4 is 4.74 Å². The van der Waals surface area contributed by atoms with Gasteiger partial charge in [0.2, 0.25) is 0 Å². The van der Waals surface area contributed by atoms with Gasteiger partial charge in [0.25, 0.3) is 5.69 Å². The van der Waals surface area contributed by atoms with Crippen LogP contribution in [-0.2, 0) is 21.6 Å². The Morgan fingerprint density at radius 3 is 2.32 bits per heavy atom. The summed E-state index contributed by atoms with van der Waals surface area (Å²) < 4.78 is 10.7. The van der Waals surface area contributed by atoms with Crippen molar-refractivity contribution in [1.82, 2.24) is 0 Å². The second-order valence-corrected chi connectivity index (χ2v) is 6.62. The number of rotatable bonds is 6. The molecule has 0 unspecified atom stereocenters. The smallest absolute Gasteiger partial charge is 0.344 e. The van der Waals surface area contributed by atoms with E-state index in [-0.39, 0.29) is 24.3 Å². The lowest BCUT2D eigenvalue weighted by atomic mass is 9.86. The van der Waals surface area contributed by atoms with Gasteiger partial charge >= 0.3 is 5.97 Å². The minimum absolute atomic E-state index is 0.00260. The van der Waals surface area contributed by atoms with Gasteiger partial charge in [-0.05, 0) is 34.7 Å². The first-order valence-corrected chi connectivity index (χ1v) is 7.88. The summed E-state index contributed by atoms with van der Waals surface area (Å²) in [5, 5.41) is 10.6. The van der Waals surface area contributed by atoms with Crippen LogP contribution in [0.15, 0.2) is 48.5 Å². The van der Waals surface area contributed by atoms with E-state index in [1.807, 2.05) is 24.3 Å². The molecule has 0 atom stereocenters. The van der Waals surface area contributed by atoms with Crippen molar-refractivity contribution in [1.29, 1.82) is 0 Å². The van der Waals surface area contributed by atoms with E-state index in [0.717, 1.165) is 5.56 Å². The molecule has 6 heteroatoms. The minimum Gasteiger partial charge on any atom is -0.482 e. The maximum atomic E-state index is 11.9. The van der Waals surface area contributed by atoms with E-state index in [2.05, 4.69) is 20.8 Å². The molecule has 0 aliphatic heterocycles. The number of benzene rings is 2. The van der Waals surface area contributed by atoms with Gasteiger partial charge in [-0.2, -0.15) is 0 Å². The summed E-state index contributed by atoms with van der Waals surface area (Å²) >= 11 is 0. The second kappa shape index (κ2) is 7.79. The van der Waals surface area contributed by atoms with Gasteiger partial charge < -0.3 is 9.47 Å². The van der Waals surface area contributed by atoms with E-state index in [4.69, 9.17) is 9.47 Å². The van der Waals surface area contributed by atoms with Gasteiger partial charge in [0.1, 0.15) is 12.4 Å². The molecule has 0 aliphatic carbocycles. The lowest BCUT2D eigenvalue weighted by Crippen LogP contribution is -2.18. The minimum atomic E-state index is -0.498. The molecule has 2 rings (SSSR count). The van der Waals surface area contributed by atoms with Crippen molar-refractivity contribution in [3.05, 3.63) is 69.8 Å². The summed E-state index contributed by atoms with van der Waals surface area (Å²) in [7, 11) is 0. The second-order valence-electron chi connectivity index (χ2n) is 6.62. The van der Waals surface area contributed by atoms with Gasteiger partial charge in [0.05, 0.1) is 4.92 Å². The molecule has 6 nitrogen and oxygen atoms in total. The van der Waals surface area contributed by atoms with Gasteiger partial charge in [0.15, 0.2) is 6.61 Å². The molecule has 0 bridgehead atoms. The van der Waals surface area contributed by atoms with Crippen LogP contribution in [0.25, 0.3) is 0 Å². The number of nitrogens with zero attached hydrogens (tertiary/aromatic N) is 1. The normalized spacial score (nSPS) is 11.0. The molecule has 0 aromatic heterocycles. The third-order valence-electron chi connectivity index (χ3n) is 3.59. The molecule has 0 spiro atoms. The van der Waals surface area contributed by atoms with Gasteiger partial charge in [0, 0.05) is 12.1 Å². The predicted molar refractivity (Wildman–Crippen MR) is 93.5 cm³/mol. The number of nitro benzene ring substituents is 1. The summed E-state index contributed by atoms with van der Waals surface area (Å²) in [5.41, 5.74) is 1.59. The van der Waals surface area contributed by atoms with E-state index in [0.29, 0.717) is 11.3 Å². The molecular weight excluding hydrogens is 322 g/mol. The highest BCUT2D eigenvalue weighted by molar-refractivity contribution is 5.71. The summed E-state index contributed by atoms with van der Waals surface area (Å²) in [6, 6.07) is 13.4. The first-order chi connectivity index (χ1) is 11.8. The lowest BCUT2D eigenvalue weighted by Gasteiger charge is -2.22. The predicted octanol–water partition coefficient (Wildman–Crippen LogP) is 4.01. The molecule has 0 saturated carbocycles. The number of ether oxygens (including phenoxy) is 2. The van der Waals surface area contributed by atoms with E-state index in [1.165, 1.54) is 12.1 Å². The van der Waals surface area contributed by atoms with Crippen LogP contribution in [0, 0.1) is 10.1 Å². The third kappa shape index (κ3) is 5.31. The highest BCUT2D eigenvalue weighted by Gasteiger charge is 2.19. The molecular formula is C19H21NO5. The van der Waals surface area contributed by atoms with E-state index in [1.54, 1.807) is 12.1 Å². The Kier molecular flexibility index (Phi) is 5.75. The van der Waals surface area contributed by atoms with Gasteiger partial charge in [-0.3, -0.25) is 10.1 Å². The average molecular weight is 343 g/mol. The fourth-order valence-corrected chi connectivity index (χ4v) is 2.27. The Balaban J connectivity index is 1.88. The average Bonchev–Trinajstić information content (AvgIpc) is 2.58. The van der Waals surface area contributed by atoms with Crippen LogP contribution in [0.2, 0.25) is 0 Å². The number of para-hydroxylation sites is 1. The molecule has 0 radical (unpaired) electrons. The molecule has 0 N–H and O–H groups in total. The number of nitro groups is 1. The van der Waals surface area contributed by atoms with Crippen LogP contribution >= 0.6 is 0 Å². The molecule has 0 saturated heterocycles. The van der Waals surface area contributed by atoms with Gasteiger partial charge in [-0.15, -0.1) is 0 Å². The third-order valence-corrected chi connectivity index (χ3v) is 3.59. The SMILES string of the molecule is CC(C)(C)c1ccccc1OCC(=O)OCc1ccc([N+](=O)[O-])cc1. The standard InChI is InChI=1S/C19H21NO5/c1-19(2,3)16-6-4-5-7-17(16)24-13-18(21)25-12-14-8-10-15(11-9-14)20(22)23/h4-11H,12-13H2,1-3H3. The number of esters is 1. The first-order valence-electron chi connectivity index (χ1n) is 7.88. The first kappa shape index (κ1) is 18.4. The van der Waals surface area contributed by atoms with Crippen LogP contribution in [0.5, 0.6) is 5.75 Å². The van der Waals surface area contributed by atoms with Crippen molar-refractivity contribution in [3.8, 4) is 5.75 Å². The number of non-ortho nitro benzene ring substituents is 1. The summed E-state index contributed by atoms with van der Waals surface area (Å²) in [4.78, 5) is 22.0. The van der Waals surface area contributed by atoms with Crippen LogP contribution in [0.1, 0.15) is 31.9 Å². The quantitative estimate of drug-likeness (QED) is 0.450. The van der Waals surface area contributed by atoms with Gasteiger partial charge in [-0.1, -0.05) is 39.0 Å². The summed E-state index contributed by atoms with van der Waals surface area (Å²) in [6.45, 7) is 6.06. The van der Waals surface area contributed by atoms with E-state index >= 15 is 0 Å². The molecule has 25 heavy (non-hydrogen) atoms. The number of carbonyl (C=O) groups is 1. The van der Waals surface area contributed by atoms with Crippen molar-refractivity contribution >= 4 is 11.7 Å². The number of carbonyl (C=O) groups excluding carboxylic acids is 1. The fraction of sp³-hybridized carbons (Fsp3) is 0.316. The molecule has 0 heterocycles. The fourth-order valence-electron chi connectivity index (χ4n) is 2.27. The Bertz CT molecular complexity index is 747. The molecule has 0 aliphatic rings. The molecule has 2 aromatic carbocycles. The number of hydrogen-bond acceptors (Lipinski definition) is 5. The van der Waals surface area contributed by atoms with Crippen molar-refractivity contribution in [2.24, 2.45) is 0 Å². The van der Waals surface area contributed by atoms with Gasteiger partial charge in [-0.25, -0.2) is 4.79 Å². The molecule has 0 fully saturated rings. The maximum Gasteiger partial charge on any atom is 0.344 e. The molecule has 2 aromatic rings. The Hall–Kier alpha value is -2.89. The zero-order chi connectivity index (χ0) is 18.4. The zero-order valence-electron chi connectivity index (χ0n) is 14.5. The highest BCUT2D eigenvalue weighted by atomic mass is 16.6. The van der Waals surface area contributed by atoms with E-state index in [9.17, 15) is 14.9 Å². The van der Waals surface area contributed by atoms with Crippen molar-refractivity contribution in [2.75, 3.05) is 6.61 Å². The molecule has 0 amide bonds. The largest absolute Gasteiger partial charge is 0.482 e. The summed E-state index contributed by atoms with van der Waals surface area (Å²) in [6.07, 6.45) is 0. The Labute approximate surface area is 146 Å².